The molecule has 5 fully saturated rings. The summed E-state index contributed by atoms with van der Waals surface area (Å²) in [5, 5.41) is 47.0. The van der Waals surface area contributed by atoms with Crippen LogP contribution in [-0.4, -0.2) is 23.9 Å². The van der Waals surface area contributed by atoms with Gasteiger partial charge in [0, 0.05) is 23.9 Å². The van der Waals surface area contributed by atoms with Gasteiger partial charge in [-0.1, -0.05) is 54.9 Å². The molecule has 3 unspecified atom stereocenters. The quantitative estimate of drug-likeness (QED) is 0.297. The van der Waals surface area contributed by atoms with E-state index in [1.807, 2.05) is 0 Å². The third-order valence-corrected chi connectivity index (χ3v) is 16.1. The fraction of sp³-hybridized carbons (Fsp3) is 0.895. The summed E-state index contributed by atoms with van der Waals surface area (Å²) in [4.78, 5) is 47.0. The Labute approximate surface area is 275 Å². The predicted octanol–water partition coefficient (Wildman–Crippen LogP) is 2.89. The van der Waals surface area contributed by atoms with Gasteiger partial charge in [0.15, 0.2) is 0 Å². The van der Waals surface area contributed by atoms with Crippen LogP contribution in [0.2, 0.25) is 0 Å². The molecule has 0 bridgehead atoms. The van der Waals surface area contributed by atoms with Crippen LogP contribution in [0.25, 0.3) is 0 Å². The van der Waals surface area contributed by atoms with E-state index in [0.717, 1.165) is 44.9 Å². The van der Waals surface area contributed by atoms with Crippen LogP contribution in [-0.2, 0) is 19.2 Å². The minimum atomic E-state index is -1.20. The van der Waals surface area contributed by atoms with E-state index in [9.17, 15) is 39.6 Å². The maximum Gasteiger partial charge on any atom is 0.0419 e. The van der Waals surface area contributed by atoms with Crippen molar-refractivity contribution >= 4 is 23.9 Å². The lowest BCUT2D eigenvalue weighted by Crippen LogP contribution is -2.57. The lowest BCUT2D eigenvalue weighted by atomic mass is 9.41. The third-order valence-electron chi connectivity index (χ3n) is 16.1. The van der Waals surface area contributed by atoms with Gasteiger partial charge in [0.2, 0.25) is 0 Å². The van der Waals surface area contributed by atoms with Crippen LogP contribution >= 0.6 is 0 Å². The first-order valence-electron chi connectivity index (χ1n) is 18.0. The van der Waals surface area contributed by atoms with Crippen molar-refractivity contribution in [1.29, 1.82) is 0 Å². The first-order valence-corrected chi connectivity index (χ1v) is 18.0. The summed E-state index contributed by atoms with van der Waals surface area (Å²) in [6.07, 6.45) is 9.26. The average Bonchev–Trinajstić information content (AvgIpc) is 3.51. The maximum atomic E-state index is 12.2. The summed E-state index contributed by atoms with van der Waals surface area (Å²) in [7, 11) is 0. The summed E-state index contributed by atoms with van der Waals surface area (Å²) in [6.45, 7) is 15.2. The van der Waals surface area contributed by atoms with Crippen LogP contribution in [0.5, 0.6) is 0 Å². The fourth-order valence-electron chi connectivity index (χ4n) is 14.0. The molecule has 0 saturated heterocycles. The number of fused-ring (bicyclic) bond motifs is 2. The maximum absolute atomic E-state index is 12.2. The van der Waals surface area contributed by atoms with E-state index in [1.54, 1.807) is 13.8 Å². The van der Waals surface area contributed by atoms with E-state index in [0.29, 0.717) is 24.7 Å². The highest BCUT2D eigenvalue weighted by Gasteiger charge is 2.82. The van der Waals surface area contributed by atoms with Crippen LogP contribution in [0, 0.1) is 73.9 Å². The van der Waals surface area contributed by atoms with Crippen LogP contribution in [0.3, 0.4) is 0 Å². The SMILES string of the molecule is C[C@H](CCC(CC(=O)[O-])C(C)(C)CC(=O)[O-])[C@H]1C(CC(=O)[O-])C[C@@]2(C)[C@@H]3CC[C@H]4C(C)(C)C(CC(=O)[O-])CC[C@@]45C[C@@]35CC[C@]12C. The van der Waals surface area contributed by atoms with E-state index in [4.69, 9.17) is 0 Å². The van der Waals surface area contributed by atoms with Crippen LogP contribution in [0.1, 0.15) is 138 Å². The number of rotatable bonds is 13. The molecule has 0 radical (unpaired) electrons. The molecule has 0 aromatic heterocycles. The normalized spacial score (nSPS) is 42.0. The van der Waals surface area contributed by atoms with Crippen LogP contribution < -0.4 is 20.4 Å². The van der Waals surface area contributed by atoms with Gasteiger partial charge >= 0.3 is 0 Å². The fourth-order valence-corrected chi connectivity index (χ4v) is 14.0. The number of carbonyl (C=O) groups excluding carboxylic acids is 4. The third kappa shape index (κ3) is 5.30. The van der Waals surface area contributed by atoms with E-state index < -0.39 is 35.2 Å². The number of aliphatic carboxylic acids is 4. The van der Waals surface area contributed by atoms with Gasteiger partial charge in [-0.25, -0.2) is 0 Å². The molecule has 0 aromatic carbocycles. The van der Waals surface area contributed by atoms with Gasteiger partial charge in [-0.3, -0.25) is 0 Å². The van der Waals surface area contributed by atoms with Crippen molar-refractivity contribution < 1.29 is 39.6 Å². The second-order valence-electron chi connectivity index (χ2n) is 18.6. The van der Waals surface area contributed by atoms with Gasteiger partial charge < -0.3 is 39.6 Å². The van der Waals surface area contributed by atoms with Crippen molar-refractivity contribution in [2.24, 2.45) is 73.9 Å². The van der Waals surface area contributed by atoms with Gasteiger partial charge in [0.05, 0.1) is 0 Å². The van der Waals surface area contributed by atoms with Crippen molar-refractivity contribution in [3.05, 3.63) is 0 Å². The lowest BCUT2D eigenvalue weighted by Gasteiger charge is -2.64. The molecule has 46 heavy (non-hydrogen) atoms. The minimum Gasteiger partial charge on any atom is -0.550 e. The molecule has 0 aliphatic heterocycles. The molecular formula is C38H56O8-4. The Kier molecular flexibility index (Phi) is 8.80. The van der Waals surface area contributed by atoms with Gasteiger partial charge in [-0.05, 0) is 157 Å². The predicted molar refractivity (Wildman–Crippen MR) is 163 cm³/mol. The summed E-state index contributed by atoms with van der Waals surface area (Å²) >= 11 is 0. The largest absolute Gasteiger partial charge is 0.550 e. The second-order valence-corrected chi connectivity index (χ2v) is 18.6. The Bertz CT molecular complexity index is 1250. The Balaban J connectivity index is 1.41. The first-order chi connectivity index (χ1) is 21.2. The molecular weight excluding hydrogens is 584 g/mol. The van der Waals surface area contributed by atoms with Gasteiger partial charge in [-0.15, -0.1) is 0 Å². The lowest BCUT2D eigenvalue weighted by molar-refractivity contribution is -0.312. The molecule has 0 N–H and O–H groups in total. The van der Waals surface area contributed by atoms with Gasteiger partial charge in [-0.2, -0.15) is 0 Å². The summed E-state index contributed by atoms with van der Waals surface area (Å²) < 4.78 is 0. The molecule has 260 valence electrons. The molecule has 5 aliphatic carbocycles. The molecule has 5 saturated carbocycles. The van der Waals surface area contributed by atoms with E-state index in [1.165, 1.54) is 6.42 Å². The molecule has 5 aliphatic rings. The Morgan fingerprint density at radius 2 is 1.35 bits per heavy atom. The Morgan fingerprint density at radius 3 is 1.93 bits per heavy atom. The van der Waals surface area contributed by atoms with Crippen molar-refractivity contribution in [3.8, 4) is 0 Å². The number of carboxylic acid groups (broad SMARTS) is 4. The van der Waals surface area contributed by atoms with Crippen molar-refractivity contribution in [2.75, 3.05) is 0 Å². The molecule has 0 amide bonds. The molecule has 0 heterocycles. The standard InChI is InChI=1S/C38H60O8/c1-22(8-9-24(17-29(41)42)33(2,3)20-31(45)46)32-23(16-28(39)40)19-36(7)27-11-10-26-34(4,5)25(18-30(43)44)12-13-37(26)21-38(27,37)15-14-35(32,36)6/h22-27,32H,8-21H2,1-7H3,(H,39,40)(H,41,42)(H,43,44)(H,45,46)/p-4/t22-,23?,24?,25?,26+,27+,32+,35-,36+,37-,38+/m1/s1. The highest BCUT2D eigenvalue weighted by Crippen LogP contribution is 2.89. The zero-order chi connectivity index (χ0) is 34.3. The van der Waals surface area contributed by atoms with Crippen LogP contribution in [0.15, 0.2) is 0 Å². The Morgan fingerprint density at radius 1 is 0.739 bits per heavy atom. The first kappa shape index (κ1) is 35.2. The van der Waals surface area contributed by atoms with Crippen LogP contribution in [0.4, 0.5) is 0 Å². The number of carboxylic acids is 4. The average molecular weight is 641 g/mol. The van der Waals surface area contributed by atoms with Gasteiger partial charge in [0.1, 0.15) is 0 Å². The zero-order valence-corrected chi connectivity index (χ0v) is 29.2. The smallest absolute Gasteiger partial charge is 0.0419 e. The molecule has 11 atom stereocenters. The summed E-state index contributed by atoms with van der Waals surface area (Å²) in [5.74, 6) is -3.45. The van der Waals surface area contributed by atoms with E-state index >= 15 is 0 Å². The van der Waals surface area contributed by atoms with E-state index in [2.05, 4.69) is 34.6 Å². The van der Waals surface area contributed by atoms with Gasteiger partial charge in [0.25, 0.3) is 0 Å². The number of carbonyl (C=O) groups is 4. The van der Waals surface area contributed by atoms with Crippen molar-refractivity contribution in [2.45, 2.75) is 138 Å². The zero-order valence-electron chi connectivity index (χ0n) is 29.2. The second kappa shape index (κ2) is 11.5. The molecule has 8 nitrogen and oxygen atoms in total. The van der Waals surface area contributed by atoms with Crippen molar-refractivity contribution in [1.82, 2.24) is 0 Å². The summed E-state index contributed by atoms with van der Waals surface area (Å²) in [5.41, 5.74) is -0.518. The van der Waals surface area contributed by atoms with E-state index in [-0.39, 0.29) is 76.4 Å². The number of hydrogen-bond acceptors (Lipinski definition) is 8. The minimum absolute atomic E-state index is 0.0181. The molecule has 5 rings (SSSR count). The topological polar surface area (TPSA) is 161 Å². The highest BCUT2D eigenvalue weighted by molar-refractivity contribution is 5.67. The summed E-state index contributed by atoms with van der Waals surface area (Å²) in [6, 6.07) is 0. The monoisotopic (exact) mass is 640 g/mol. The molecule has 2 spiro atoms. The molecule has 8 heteroatoms. The van der Waals surface area contributed by atoms with Crippen molar-refractivity contribution in [3.63, 3.8) is 0 Å². The molecule has 0 aromatic rings. The highest BCUT2D eigenvalue weighted by atomic mass is 16.4. The number of hydrogen-bond donors (Lipinski definition) is 0. The Hall–Kier alpha value is -2.12.